The molecule has 0 atom stereocenters. The molecule has 0 aliphatic heterocycles. The number of rotatable bonds is 3. The van der Waals surface area contributed by atoms with Crippen LogP contribution in [0.15, 0.2) is 36.9 Å². The lowest BCUT2D eigenvalue weighted by atomic mass is 10.2. The first kappa shape index (κ1) is 12.7. The van der Waals surface area contributed by atoms with Crippen LogP contribution in [0.2, 0.25) is 0 Å². The highest BCUT2D eigenvalue weighted by Gasteiger charge is 2.02. The number of hydrogen-bond acceptors (Lipinski definition) is 4. The minimum Gasteiger partial charge on any atom is -0.338 e. The van der Waals surface area contributed by atoms with Crippen molar-refractivity contribution >= 4 is 18.7 Å². The van der Waals surface area contributed by atoms with Gasteiger partial charge in [0.2, 0.25) is 0 Å². The highest BCUT2D eigenvalue weighted by molar-refractivity contribution is 5.52. The molecule has 0 bridgehead atoms. The van der Waals surface area contributed by atoms with E-state index >= 15 is 0 Å². The number of aryl methyl sites for hydroxylation is 1. The fourth-order valence-corrected chi connectivity index (χ4v) is 1.46. The number of H-pyrrole nitrogens is 2. The standard InChI is InChI=1S/C13H12N2O4/c1-8-10(12(16)18-14-8)6-4-3-5-7-11-9(2)15-19-13(11)17/h3-7,14-15H,1H2,2H3/b4-3?,7-5?,10-6-. The van der Waals surface area contributed by atoms with Crippen LogP contribution in [0, 0.1) is 6.92 Å². The van der Waals surface area contributed by atoms with Crippen molar-refractivity contribution in [1.29, 1.82) is 0 Å². The summed E-state index contributed by atoms with van der Waals surface area (Å²) in [7, 11) is 0. The molecule has 2 heterocycles. The molecule has 0 saturated heterocycles. The largest absolute Gasteiger partial charge is 0.364 e. The van der Waals surface area contributed by atoms with Crippen molar-refractivity contribution in [2.24, 2.45) is 0 Å². The predicted molar refractivity (Wildman–Crippen MR) is 70.8 cm³/mol. The van der Waals surface area contributed by atoms with Crippen LogP contribution in [0.1, 0.15) is 11.3 Å². The van der Waals surface area contributed by atoms with Gasteiger partial charge in [-0.1, -0.05) is 24.8 Å². The molecular weight excluding hydrogens is 248 g/mol. The summed E-state index contributed by atoms with van der Waals surface area (Å²) >= 11 is 0. The maximum absolute atomic E-state index is 11.2. The van der Waals surface area contributed by atoms with E-state index < -0.39 is 11.3 Å². The van der Waals surface area contributed by atoms with E-state index in [0.717, 1.165) is 0 Å². The van der Waals surface area contributed by atoms with Crippen LogP contribution in [0.4, 0.5) is 0 Å². The Labute approximate surface area is 107 Å². The Kier molecular flexibility index (Phi) is 3.51. The summed E-state index contributed by atoms with van der Waals surface area (Å²) in [5.41, 5.74) is 0.229. The Hall–Kier alpha value is -2.76. The van der Waals surface area contributed by atoms with Crippen molar-refractivity contribution in [2.45, 2.75) is 6.92 Å². The van der Waals surface area contributed by atoms with Crippen molar-refractivity contribution in [3.63, 3.8) is 0 Å². The summed E-state index contributed by atoms with van der Waals surface area (Å²) in [6.07, 6.45) is 8.18. The molecule has 0 aromatic carbocycles. The van der Waals surface area contributed by atoms with Gasteiger partial charge in [0.15, 0.2) is 0 Å². The Morgan fingerprint density at radius 3 is 2.37 bits per heavy atom. The topological polar surface area (TPSA) is 92.0 Å². The Morgan fingerprint density at radius 1 is 1.05 bits per heavy atom. The number of hydrogen-bond donors (Lipinski definition) is 2. The molecule has 6 heteroatoms. The number of allylic oxidation sites excluding steroid dienone is 3. The molecule has 98 valence electrons. The average Bonchev–Trinajstić information content (AvgIpc) is 2.86. The van der Waals surface area contributed by atoms with Gasteiger partial charge >= 0.3 is 11.3 Å². The fourth-order valence-electron chi connectivity index (χ4n) is 1.46. The second-order valence-electron chi connectivity index (χ2n) is 3.82. The monoisotopic (exact) mass is 260 g/mol. The lowest BCUT2D eigenvalue weighted by molar-refractivity contribution is 0.386. The molecule has 0 spiro atoms. The van der Waals surface area contributed by atoms with Crippen LogP contribution >= 0.6 is 0 Å². The molecule has 6 nitrogen and oxygen atoms in total. The van der Waals surface area contributed by atoms with Crippen molar-refractivity contribution < 1.29 is 9.05 Å². The van der Waals surface area contributed by atoms with Crippen LogP contribution < -0.4 is 21.8 Å². The van der Waals surface area contributed by atoms with Gasteiger partial charge in [0.25, 0.3) is 0 Å². The van der Waals surface area contributed by atoms with Crippen molar-refractivity contribution in [3.8, 4) is 0 Å². The molecule has 2 N–H and O–H groups in total. The molecular formula is C13H12N2O4. The smallest absolute Gasteiger partial charge is 0.338 e. The van der Waals surface area contributed by atoms with Crippen molar-refractivity contribution in [1.82, 2.24) is 10.3 Å². The first-order valence-electron chi connectivity index (χ1n) is 5.49. The van der Waals surface area contributed by atoms with E-state index in [1.165, 1.54) is 0 Å². The van der Waals surface area contributed by atoms with Crippen molar-refractivity contribution in [2.75, 3.05) is 0 Å². The second-order valence-corrected chi connectivity index (χ2v) is 3.82. The van der Waals surface area contributed by atoms with Gasteiger partial charge in [-0.2, -0.15) is 0 Å². The lowest BCUT2D eigenvalue weighted by Gasteiger charge is -1.82. The van der Waals surface area contributed by atoms with Gasteiger partial charge in [0.1, 0.15) is 0 Å². The van der Waals surface area contributed by atoms with E-state index in [4.69, 9.17) is 0 Å². The van der Waals surface area contributed by atoms with E-state index in [9.17, 15) is 9.59 Å². The van der Waals surface area contributed by atoms with Gasteiger partial charge in [0.05, 0.1) is 21.8 Å². The normalized spacial score (nSPS) is 13.0. The zero-order valence-electron chi connectivity index (χ0n) is 10.2. The molecule has 19 heavy (non-hydrogen) atoms. The molecule has 0 fully saturated rings. The van der Waals surface area contributed by atoms with E-state index in [1.54, 1.807) is 37.3 Å². The lowest BCUT2D eigenvalue weighted by Crippen LogP contribution is -2.30. The zero-order chi connectivity index (χ0) is 13.8. The van der Waals surface area contributed by atoms with Gasteiger partial charge < -0.3 is 9.05 Å². The van der Waals surface area contributed by atoms with Gasteiger partial charge in [-0.05, 0) is 19.1 Å². The Bertz CT molecular complexity index is 812. The zero-order valence-corrected chi connectivity index (χ0v) is 10.2. The molecule has 0 unspecified atom stereocenters. The number of nitrogens with one attached hydrogen (secondary N) is 2. The molecule has 0 aliphatic carbocycles. The number of aromatic amines is 2. The van der Waals surface area contributed by atoms with Gasteiger partial charge in [-0.25, -0.2) is 19.9 Å². The van der Waals surface area contributed by atoms with E-state index in [1.807, 2.05) is 0 Å². The quantitative estimate of drug-likeness (QED) is 0.761. The summed E-state index contributed by atoms with van der Waals surface area (Å²) < 4.78 is 9.17. The summed E-state index contributed by atoms with van der Waals surface area (Å²) in [5.74, 6) is 0. The third-order valence-corrected chi connectivity index (χ3v) is 2.48. The minimum absolute atomic E-state index is 0.363. The molecule has 2 aromatic rings. The summed E-state index contributed by atoms with van der Waals surface area (Å²) in [4.78, 5) is 22.4. The molecule has 2 rings (SSSR count). The third kappa shape index (κ3) is 2.74. The third-order valence-electron chi connectivity index (χ3n) is 2.48. The van der Waals surface area contributed by atoms with Crippen molar-refractivity contribution in [3.05, 3.63) is 60.9 Å². The van der Waals surface area contributed by atoms with E-state index in [2.05, 4.69) is 25.9 Å². The first-order chi connectivity index (χ1) is 9.09. The van der Waals surface area contributed by atoms with E-state index in [0.29, 0.717) is 21.8 Å². The molecule has 2 aromatic heterocycles. The summed E-state index contributed by atoms with van der Waals surface area (Å²) in [6.45, 7) is 5.35. The van der Waals surface area contributed by atoms with Gasteiger partial charge in [-0.3, -0.25) is 0 Å². The van der Waals surface area contributed by atoms with Crippen LogP contribution in [0.25, 0.3) is 18.7 Å². The van der Waals surface area contributed by atoms with Crippen LogP contribution in [-0.4, -0.2) is 10.3 Å². The molecule has 0 amide bonds. The van der Waals surface area contributed by atoms with Crippen LogP contribution in [0.5, 0.6) is 0 Å². The minimum atomic E-state index is -0.472. The maximum atomic E-state index is 11.2. The summed E-state index contributed by atoms with van der Waals surface area (Å²) in [6, 6.07) is 0. The fraction of sp³-hybridized carbons (Fsp3) is 0.0769. The predicted octanol–water partition coefficient (Wildman–Crippen LogP) is 0.0180. The SMILES string of the molecule is C=c1[nH]oc(=O)/c1=C\C=CC=Cc1c(C)[nH]oc1=O. The van der Waals surface area contributed by atoms with Gasteiger partial charge in [0, 0.05) is 0 Å². The molecule has 0 saturated carbocycles. The summed E-state index contributed by atoms with van der Waals surface area (Å²) in [5, 5.41) is 5.63. The van der Waals surface area contributed by atoms with Crippen LogP contribution in [0.3, 0.4) is 0 Å². The molecule has 0 radical (unpaired) electrons. The second kappa shape index (κ2) is 5.26. The Morgan fingerprint density at radius 2 is 1.79 bits per heavy atom. The number of aromatic nitrogens is 2. The highest BCUT2D eigenvalue weighted by Crippen LogP contribution is 2.00. The first-order valence-corrected chi connectivity index (χ1v) is 5.49. The molecule has 0 aliphatic rings. The van der Waals surface area contributed by atoms with Gasteiger partial charge in [-0.15, -0.1) is 0 Å². The van der Waals surface area contributed by atoms with E-state index in [-0.39, 0.29) is 0 Å². The maximum Gasteiger partial charge on any atom is 0.364 e. The highest BCUT2D eigenvalue weighted by atomic mass is 16.5. The van der Waals surface area contributed by atoms with Crippen LogP contribution in [-0.2, 0) is 0 Å². The Balaban J connectivity index is 2.19. The average molecular weight is 260 g/mol.